The molecule has 3 aliphatic rings. The number of carbonyl (C=O) groups is 2. The average molecular weight is 448 g/mol. The van der Waals surface area contributed by atoms with Gasteiger partial charge in [0.15, 0.2) is 5.78 Å². The lowest BCUT2D eigenvalue weighted by atomic mass is 9.78. The van der Waals surface area contributed by atoms with Crippen LogP contribution in [0.5, 0.6) is 5.75 Å². The number of ether oxygens (including phenoxy) is 3. The Balaban J connectivity index is 1.68. The predicted octanol–water partition coefficient (Wildman–Crippen LogP) is 4.24. The first-order chi connectivity index (χ1) is 14.9. The lowest BCUT2D eigenvalue weighted by Crippen LogP contribution is -2.48. The molecule has 1 aromatic carbocycles. The summed E-state index contributed by atoms with van der Waals surface area (Å²) in [7, 11) is 1.67. The minimum Gasteiger partial charge on any atom is -0.492 e. The molecule has 1 aliphatic carbocycles. The standard InChI is InChI=1S/C24H30ClNO5/c1-4-30-23(28)17-14-26-19(13-20(17)27)16-12-18(25)21(31-9-5-8-29-3)10-15(16)11-22(26)24(2)6-7-24/h10,12,14,19,22H,4-9,11,13H2,1-3H3. The van der Waals surface area contributed by atoms with Crippen LogP contribution in [0.25, 0.3) is 0 Å². The second-order valence-corrected chi connectivity index (χ2v) is 9.31. The maximum Gasteiger partial charge on any atom is 0.343 e. The minimum absolute atomic E-state index is 0.128. The van der Waals surface area contributed by atoms with E-state index in [1.54, 1.807) is 20.2 Å². The number of nitrogens with zero attached hydrogens (tertiary/aromatic N) is 1. The number of esters is 1. The second-order valence-electron chi connectivity index (χ2n) is 8.90. The van der Waals surface area contributed by atoms with E-state index in [1.807, 2.05) is 12.1 Å². The SMILES string of the molecule is CCOC(=O)C1=CN2C(CC1=O)c1cc(Cl)c(OCCCOC)cc1CC2C1(C)CC1. The van der Waals surface area contributed by atoms with E-state index < -0.39 is 5.97 Å². The number of Topliss-reactive ketones (excluding diaryl/α,β-unsaturated/α-hetero) is 1. The van der Waals surface area contributed by atoms with E-state index in [9.17, 15) is 9.59 Å². The van der Waals surface area contributed by atoms with Crippen molar-refractivity contribution in [2.45, 2.75) is 58.0 Å². The summed E-state index contributed by atoms with van der Waals surface area (Å²) in [5.41, 5.74) is 2.54. The molecule has 0 aromatic heterocycles. The number of carbonyl (C=O) groups excluding carboxylic acids is 2. The quantitative estimate of drug-likeness (QED) is 0.337. The molecule has 168 valence electrons. The highest BCUT2D eigenvalue weighted by atomic mass is 35.5. The fraction of sp³-hybridized carbons (Fsp3) is 0.583. The Bertz CT molecular complexity index is 907. The summed E-state index contributed by atoms with van der Waals surface area (Å²) in [5.74, 6) is -0.0351. The van der Waals surface area contributed by atoms with Crippen LogP contribution in [-0.2, 0) is 25.5 Å². The Labute approximate surface area is 188 Å². The van der Waals surface area contributed by atoms with Gasteiger partial charge in [-0.25, -0.2) is 4.79 Å². The highest BCUT2D eigenvalue weighted by molar-refractivity contribution is 6.32. The molecule has 7 heteroatoms. The minimum atomic E-state index is -0.533. The Morgan fingerprint density at radius 2 is 2.03 bits per heavy atom. The van der Waals surface area contributed by atoms with Gasteiger partial charge in [-0.1, -0.05) is 18.5 Å². The third-order valence-corrected chi connectivity index (χ3v) is 7.03. The smallest absolute Gasteiger partial charge is 0.343 e. The largest absolute Gasteiger partial charge is 0.492 e. The van der Waals surface area contributed by atoms with Crippen LogP contribution >= 0.6 is 11.6 Å². The lowest BCUT2D eigenvalue weighted by molar-refractivity contribution is -0.140. The first-order valence-electron chi connectivity index (χ1n) is 11.0. The molecule has 0 N–H and O–H groups in total. The maximum atomic E-state index is 12.8. The summed E-state index contributed by atoms with van der Waals surface area (Å²) in [6.07, 6.45) is 5.89. The van der Waals surface area contributed by atoms with E-state index in [4.69, 9.17) is 25.8 Å². The van der Waals surface area contributed by atoms with Crippen molar-refractivity contribution in [1.82, 2.24) is 4.90 Å². The number of methoxy groups -OCH3 is 1. The van der Waals surface area contributed by atoms with Gasteiger partial charge in [0.1, 0.15) is 11.3 Å². The van der Waals surface area contributed by atoms with Crippen molar-refractivity contribution in [3.63, 3.8) is 0 Å². The third-order valence-electron chi connectivity index (χ3n) is 6.73. The summed E-state index contributed by atoms with van der Waals surface area (Å²) >= 11 is 6.55. The summed E-state index contributed by atoms with van der Waals surface area (Å²) in [4.78, 5) is 27.4. The number of halogens is 1. The first-order valence-corrected chi connectivity index (χ1v) is 11.4. The highest BCUT2D eigenvalue weighted by Gasteiger charge is 2.52. The van der Waals surface area contributed by atoms with Gasteiger partial charge in [0, 0.05) is 38.8 Å². The molecule has 2 unspecified atom stereocenters. The number of benzene rings is 1. The van der Waals surface area contributed by atoms with Crippen LogP contribution in [-0.4, -0.2) is 49.6 Å². The van der Waals surface area contributed by atoms with Crippen molar-refractivity contribution in [2.24, 2.45) is 5.41 Å². The second kappa shape index (κ2) is 8.83. The molecule has 31 heavy (non-hydrogen) atoms. The molecule has 0 amide bonds. The van der Waals surface area contributed by atoms with Gasteiger partial charge in [-0.15, -0.1) is 0 Å². The molecule has 2 atom stereocenters. The van der Waals surface area contributed by atoms with Crippen molar-refractivity contribution in [3.05, 3.63) is 40.1 Å². The van der Waals surface area contributed by atoms with Crippen molar-refractivity contribution < 1.29 is 23.8 Å². The molecule has 2 heterocycles. The van der Waals surface area contributed by atoms with Gasteiger partial charge in [-0.2, -0.15) is 0 Å². The zero-order valence-corrected chi connectivity index (χ0v) is 19.2. The van der Waals surface area contributed by atoms with Gasteiger partial charge in [0.25, 0.3) is 0 Å². The molecular formula is C24H30ClNO5. The van der Waals surface area contributed by atoms with E-state index in [1.165, 1.54) is 5.56 Å². The summed E-state index contributed by atoms with van der Waals surface area (Å²) in [6, 6.07) is 4.06. The Morgan fingerprint density at radius 1 is 1.26 bits per heavy atom. The summed E-state index contributed by atoms with van der Waals surface area (Å²) in [5, 5.41) is 0.541. The van der Waals surface area contributed by atoms with Gasteiger partial charge in [-0.3, -0.25) is 4.79 Å². The first kappa shape index (κ1) is 22.2. The van der Waals surface area contributed by atoms with Crippen LogP contribution in [0.4, 0.5) is 0 Å². The molecule has 6 nitrogen and oxygen atoms in total. The zero-order valence-electron chi connectivity index (χ0n) is 18.4. The van der Waals surface area contributed by atoms with Gasteiger partial charge in [-0.05, 0) is 54.9 Å². The van der Waals surface area contributed by atoms with E-state index in [-0.39, 0.29) is 41.9 Å². The monoisotopic (exact) mass is 447 g/mol. The number of rotatable bonds is 8. The lowest BCUT2D eigenvalue weighted by Gasteiger charge is -2.47. The van der Waals surface area contributed by atoms with E-state index >= 15 is 0 Å². The van der Waals surface area contributed by atoms with Crippen molar-refractivity contribution in [3.8, 4) is 5.75 Å². The van der Waals surface area contributed by atoms with Crippen molar-refractivity contribution in [1.29, 1.82) is 0 Å². The van der Waals surface area contributed by atoms with E-state index in [0.29, 0.717) is 24.0 Å². The molecule has 0 bridgehead atoms. The predicted molar refractivity (Wildman–Crippen MR) is 117 cm³/mol. The fourth-order valence-corrected chi connectivity index (χ4v) is 4.93. The maximum absolute atomic E-state index is 12.8. The molecular weight excluding hydrogens is 418 g/mol. The number of hydrogen-bond donors (Lipinski definition) is 0. The van der Waals surface area contributed by atoms with Crippen LogP contribution in [0, 0.1) is 5.41 Å². The number of ketones is 1. The molecule has 4 rings (SSSR count). The van der Waals surface area contributed by atoms with Crippen molar-refractivity contribution in [2.75, 3.05) is 26.9 Å². The topological polar surface area (TPSA) is 65.1 Å². The molecule has 0 saturated heterocycles. The molecule has 1 aromatic rings. The highest BCUT2D eigenvalue weighted by Crippen LogP contribution is 2.56. The van der Waals surface area contributed by atoms with Gasteiger partial charge >= 0.3 is 5.97 Å². The molecule has 2 aliphatic heterocycles. The summed E-state index contributed by atoms with van der Waals surface area (Å²) < 4.78 is 16.1. The van der Waals surface area contributed by atoms with Gasteiger partial charge in [0.05, 0.1) is 24.3 Å². The van der Waals surface area contributed by atoms with Crippen molar-refractivity contribution >= 4 is 23.4 Å². The molecule has 1 saturated carbocycles. The fourth-order valence-electron chi connectivity index (χ4n) is 4.70. The van der Waals surface area contributed by atoms with E-state index in [0.717, 1.165) is 31.2 Å². The molecule has 1 fully saturated rings. The van der Waals surface area contributed by atoms with Crippen LogP contribution in [0.3, 0.4) is 0 Å². The molecule has 0 spiro atoms. The normalized spacial score (nSPS) is 23.5. The Kier molecular flexibility index (Phi) is 6.31. The average Bonchev–Trinajstić information content (AvgIpc) is 3.49. The Hall–Kier alpha value is -2.05. The summed E-state index contributed by atoms with van der Waals surface area (Å²) in [6.45, 7) is 5.45. The van der Waals surface area contributed by atoms with Crippen LogP contribution in [0.1, 0.15) is 56.7 Å². The zero-order chi connectivity index (χ0) is 22.2. The molecule has 0 radical (unpaired) electrons. The number of hydrogen-bond acceptors (Lipinski definition) is 6. The third kappa shape index (κ3) is 4.33. The van der Waals surface area contributed by atoms with E-state index in [2.05, 4.69) is 11.8 Å². The number of fused-ring (bicyclic) bond motifs is 3. The Morgan fingerprint density at radius 3 is 2.71 bits per heavy atom. The van der Waals surface area contributed by atoms with Gasteiger partial charge < -0.3 is 19.1 Å². The van der Waals surface area contributed by atoms with Crippen LogP contribution < -0.4 is 4.74 Å². The van der Waals surface area contributed by atoms with Crippen LogP contribution in [0.2, 0.25) is 5.02 Å². The van der Waals surface area contributed by atoms with Gasteiger partial charge in [0.2, 0.25) is 0 Å². The van der Waals surface area contributed by atoms with Crippen LogP contribution in [0.15, 0.2) is 23.9 Å².